The van der Waals surface area contributed by atoms with E-state index in [1.54, 1.807) is 37.3 Å². The fraction of sp³-hybridized carbons (Fsp3) is 0.235. The molecule has 0 aliphatic heterocycles. The van der Waals surface area contributed by atoms with E-state index in [1.165, 1.54) is 6.20 Å². The second-order valence-electron chi connectivity index (χ2n) is 6.09. The lowest BCUT2D eigenvalue weighted by molar-refractivity contribution is 0.600. The van der Waals surface area contributed by atoms with Gasteiger partial charge in [-0.05, 0) is 37.3 Å². The van der Waals surface area contributed by atoms with E-state index in [2.05, 4.69) is 20.3 Å². The number of H-pyrrole nitrogens is 1. The topological polar surface area (TPSA) is 105 Å². The third kappa shape index (κ3) is 4.39. The zero-order valence-electron chi connectivity index (χ0n) is 14.2. The molecule has 136 valence electrons. The van der Waals surface area contributed by atoms with Crippen LogP contribution in [0.25, 0.3) is 10.9 Å². The summed E-state index contributed by atoms with van der Waals surface area (Å²) in [6, 6.07) is 8.14. The maximum absolute atomic E-state index is 12.4. The Kier molecular flexibility index (Phi) is 4.97. The summed E-state index contributed by atoms with van der Waals surface area (Å²) in [6.07, 6.45) is 2.62. The number of sulfone groups is 1. The molecule has 0 fully saturated rings. The minimum Gasteiger partial charge on any atom is -0.347 e. The molecule has 0 radical (unpaired) electrons. The number of halogens is 1. The Morgan fingerprint density at radius 3 is 2.77 bits per heavy atom. The summed E-state index contributed by atoms with van der Waals surface area (Å²) in [7, 11) is -3.20. The van der Waals surface area contributed by atoms with Crippen LogP contribution in [0.1, 0.15) is 24.2 Å². The molecule has 3 rings (SSSR count). The molecule has 9 heteroatoms. The second-order valence-corrected chi connectivity index (χ2v) is 8.67. The molecule has 0 aliphatic carbocycles. The Bertz CT molecular complexity index is 1130. The van der Waals surface area contributed by atoms with Crippen molar-refractivity contribution >= 4 is 38.3 Å². The maximum Gasteiger partial charge on any atom is 0.253 e. The molecule has 3 aromatic rings. The molecule has 26 heavy (non-hydrogen) atoms. The Morgan fingerprint density at radius 1 is 1.27 bits per heavy atom. The smallest absolute Gasteiger partial charge is 0.253 e. The van der Waals surface area contributed by atoms with Gasteiger partial charge in [0.05, 0.1) is 17.5 Å². The lowest BCUT2D eigenvalue weighted by atomic mass is 10.1. The summed E-state index contributed by atoms with van der Waals surface area (Å²) in [5.41, 5.74) is 1.35. The summed E-state index contributed by atoms with van der Waals surface area (Å²) < 4.78 is 22.8. The number of aromatic amines is 1. The van der Waals surface area contributed by atoms with Crippen LogP contribution in [-0.2, 0) is 15.6 Å². The first-order valence-corrected chi connectivity index (χ1v) is 10.2. The van der Waals surface area contributed by atoms with Crippen LogP contribution in [0.2, 0.25) is 5.02 Å². The number of benzene rings is 1. The van der Waals surface area contributed by atoms with Crippen LogP contribution in [0.4, 0.5) is 5.95 Å². The van der Waals surface area contributed by atoms with Crippen molar-refractivity contribution in [1.82, 2.24) is 15.0 Å². The first kappa shape index (κ1) is 18.3. The van der Waals surface area contributed by atoms with Gasteiger partial charge in [0.1, 0.15) is 0 Å². The number of pyridine rings is 1. The highest BCUT2D eigenvalue weighted by Gasteiger charge is 2.14. The van der Waals surface area contributed by atoms with Crippen LogP contribution >= 0.6 is 11.6 Å². The van der Waals surface area contributed by atoms with Gasteiger partial charge in [0.2, 0.25) is 5.95 Å². The summed E-state index contributed by atoms with van der Waals surface area (Å²) >= 11 is 6.01. The molecule has 0 amide bonds. The molecule has 1 unspecified atom stereocenters. The zero-order chi connectivity index (χ0) is 18.9. The van der Waals surface area contributed by atoms with Gasteiger partial charge in [-0.2, -0.15) is 0 Å². The zero-order valence-corrected chi connectivity index (χ0v) is 15.7. The Morgan fingerprint density at radius 2 is 2.04 bits per heavy atom. The molecule has 7 nitrogen and oxygen atoms in total. The Balaban J connectivity index is 1.89. The average Bonchev–Trinajstić information content (AvgIpc) is 2.53. The number of aromatic nitrogens is 3. The number of nitrogens with zero attached hydrogens (tertiary/aromatic N) is 2. The lowest BCUT2D eigenvalue weighted by Crippen LogP contribution is -2.20. The summed E-state index contributed by atoms with van der Waals surface area (Å²) in [5.74, 6) is 0.0809. The van der Waals surface area contributed by atoms with E-state index in [4.69, 9.17) is 11.6 Å². The number of anilines is 1. The number of nitrogens with one attached hydrogen (secondary N) is 2. The summed E-state index contributed by atoms with van der Waals surface area (Å²) in [4.78, 5) is 23.5. The maximum atomic E-state index is 12.4. The summed E-state index contributed by atoms with van der Waals surface area (Å²) in [5, 5.41) is 4.42. The standard InChI is InChI=1S/C17H17ClN4O3S/c1-10(20-17-19-6-5-13(21-17)9-26(2,24)25)14-8-11-7-12(18)3-4-15(11)22-16(14)23/h3-8,10H,9H2,1-2H3,(H,22,23)(H,19,20,21). The van der Waals surface area contributed by atoms with Crippen molar-refractivity contribution in [3.63, 3.8) is 0 Å². The molecule has 2 N–H and O–H groups in total. The molecule has 0 saturated heterocycles. The van der Waals surface area contributed by atoms with E-state index in [-0.39, 0.29) is 17.3 Å². The monoisotopic (exact) mass is 392 g/mol. The first-order chi connectivity index (χ1) is 12.2. The van der Waals surface area contributed by atoms with Crippen LogP contribution in [-0.4, -0.2) is 29.6 Å². The minimum atomic E-state index is -3.20. The molecule has 2 heterocycles. The number of fused-ring (bicyclic) bond motifs is 1. The van der Waals surface area contributed by atoms with Gasteiger partial charge in [-0.3, -0.25) is 4.79 Å². The van der Waals surface area contributed by atoms with Crippen molar-refractivity contribution in [2.75, 3.05) is 11.6 Å². The van der Waals surface area contributed by atoms with E-state index >= 15 is 0 Å². The Hall–Kier alpha value is -2.45. The molecule has 0 aliphatic rings. The predicted molar refractivity (Wildman–Crippen MR) is 102 cm³/mol. The van der Waals surface area contributed by atoms with Gasteiger partial charge in [-0.25, -0.2) is 18.4 Å². The minimum absolute atomic E-state index is 0.173. The molecule has 0 spiro atoms. The largest absolute Gasteiger partial charge is 0.347 e. The molecule has 0 saturated carbocycles. The van der Waals surface area contributed by atoms with E-state index in [9.17, 15) is 13.2 Å². The molecule has 2 aromatic heterocycles. The molecular weight excluding hydrogens is 376 g/mol. The SMILES string of the molecule is CC(Nc1nccc(CS(C)(=O)=O)n1)c1cc2cc(Cl)ccc2[nH]c1=O. The highest BCUT2D eigenvalue weighted by Crippen LogP contribution is 2.21. The quantitative estimate of drug-likeness (QED) is 0.691. The van der Waals surface area contributed by atoms with Crippen molar-refractivity contribution in [3.8, 4) is 0 Å². The third-order valence-electron chi connectivity index (χ3n) is 3.77. The van der Waals surface area contributed by atoms with Gasteiger partial charge in [0, 0.05) is 33.9 Å². The van der Waals surface area contributed by atoms with Gasteiger partial charge < -0.3 is 10.3 Å². The fourth-order valence-corrected chi connectivity index (χ4v) is 3.48. The third-order valence-corrected chi connectivity index (χ3v) is 4.83. The molecule has 1 aromatic carbocycles. The van der Waals surface area contributed by atoms with Gasteiger partial charge in [-0.1, -0.05) is 11.6 Å². The highest BCUT2D eigenvalue weighted by atomic mass is 35.5. The number of rotatable bonds is 5. The van der Waals surface area contributed by atoms with Gasteiger partial charge in [-0.15, -0.1) is 0 Å². The van der Waals surface area contributed by atoms with Crippen molar-refractivity contribution in [1.29, 1.82) is 0 Å². The van der Waals surface area contributed by atoms with Crippen LogP contribution in [0.15, 0.2) is 41.3 Å². The molecule has 0 bridgehead atoms. The van der Waals surface area contributed by atoms with Crippen LogP contribution in [0.5, 0.6) is 0 Å². The van der Waals surface area contributed by atoms with Gasteiger partial charge in [0.15, 0.2) is 9.84 Å². The molecular formula is C17H17ClN4O3S. The first-order valence-electron chi connectivity index (χ1n) is 7.80. The number of hydrogen-bond donors (Lipinski definition) is 2. The van der Waals surface area contributed by atoms with Crippen molar-refractivity contribution in [3.05, 3.63) is 63.2 Å². The van der Waals surface area contributed by atoms with Gasteiger partial charge >= 0.3 is 0 Å². The van der Waals surface area contributed by atoms with Crippen molar-refractivity contribution in [2.45, 2.75) is 18.7 Å². The second kappa shape index (κ2) is 7.05. The average molecular weight is 393 g/mol. The van der Waals surface area contributed by atoms with Gasteiger partial charge in [0.25, 0.3) is 5.56 Å². The van der Waals surface area contributed by atoms with Crippen LogP contribution in [0.3, 0.4) is 0 Å². The van der Waals surface area contributed by atoms with Crippen molar-refractivity contribution in [2.24, 2.45) is 0 Å². The predicted octanol–water partition coefficient (Wildman–Crippen LogP) is 2.69. The van der Waals surface area contributed by atoms with E-state index in [0.29, 0.717) is 21.8 Å². The van der Waals surface area contributed by atoms with E-state index in [0.717, 1.165) is 11.6 Å². The lowest BCUT2D eigenvalue weighted by Gasteiger charge is -2.14. The number of hydrogen-bond acceptors (Lipinski definition) is 6. The van der Waals surface area contributed by atoms with Crippen LogP contribution < -0.4 is 10.9 Å². The summed E-state index contributed by atoms with van der Waals surface area (Å²) in [6.45, 7) is 1.80. The highest BCUT2D eigenvalue weighted by molar-refractivity contribution is 7.89. The van der Waals surface area contributed by atoms with Crippen LogP contribution in [0, 0.1) is 0 Å². The Labute approximate surface area is 155 Å². The fourth-order valence-electron chi connectivity index (χ4n) is 2.60. The van der Waals surface area contributed by atoms with E-state index < -0.39 is 15.9 Å². The molecule has 1 atom stereocenters. The van der Waals surface area contributed by atoms with E-state index in [1.807, 2.05) is 0 Å². The van der Waals surface area contributed by atoms with Crippen molar-refractivity contribution < 1.29 is 8.42 Å². The normalized spacial score (nSPS) is 12.9.